The van der Waals surface area contributed by atoms with Crippen molar-refractivity contribution in [2.24, 2.45) is 4.99 Å². The lowest BCUT2D eigenvalue weighted by atomic mass is 9.96. The molecule has 1 atom stereocenters. The maximum atomic E-state index is 13.6. The second-order valence-electron chi connectivity index (χ2n) is 7.58. The summed E-state index contributed by atoms with van der Waals surface area (Å²) in [4.78, 5) is 32.8. The van der Waals surface area contributed by atoms with Crippen molar-refractivity contribution < 1.29 is 14.3 Å². The molecule has 0 spiro atoms. The van der Waals surface area contributed by atoms with Gasteiger partial charge in [-0.3, -0.25) is 9.36 Å². The molecule has 0 fully saturated rings. The number of allylic oxidation sites excluding steroid dienone is 1. The summed E-state index contributed by atoms with van der Waals surface area (Å²) in [6, 6.07) is 14.9. The van der Waals surface area contributed by atoms with E-state index in [-0.39, 0.29) is 12.2 Å². The Kier molecular flexibility index (Phi) is 7.38. The molecule has 3 aromatic rings. The van der Waals surface area contributed by atoms with Crippen LogP contribution in [-0.2, 0) is 9.53 Å². The Labute approximate surface area is 206 Å². The van der Waals surface area contributed by atoms with E-state index in [1.54, 1.807) is 30.2 Å². The zero-order valence-electron chi connectivity index (χ0n) is 19.5. The molecule has 0 unspecified atom stereocenters. The second kappa shape index (κ2) is 10.4. The fourth-order valence-electron chi connectivity index (χ4n) is 3.87. The van der Waals surface area contributed by atoms with Crippen molar-refractivity contribution >= 4 is 35.1 Å². The van der Waals surface area contributed by atoms with Crippen LogP contribution in [0, 0.1) is 0 Å². The van der Waals surface area contributed by atoms with Crippen molar-refractivity contribution in [2.75, 3.05) is 19.5 Å². The highest BCUT2D eigenvalue weighted by Crippen LogP contribution is 2.31. The molecule has 2 aromatic carbocycles. The van der Waals surface area contributed by atoms with E-state index in [1.807, 2.05) is 67.8 Å². The van der Waals surface area contributed by atoms with E-state index in [2.05, 4.69) is 4.99 Å². The molecule has 34 heavy (non-hydrogen) atoms. The molecule has 0 N–H and O–H groups in total. The van der Waals surface area contributed by atoms with Gasteiger partial charge in [0, 0.05) is 4.90 Å². The maximum Gasteiger partial charge on any atom is 0.338 e. The monoisotopic (exact) mass is 494 g/mol. The van der Waals surface area contributed by atoms with Gasteiger partial charge in [-0.05, 0) is 68.5 Å². The molecule has 0 bridgehead atoms. The molecule has 6 nitrogen and oxygen atoms in total. The first kappa shape index (κ1) is 24.0. The predicted octanol–water partition coefficient (Wildman–Crippen LogP) is 3.92. The topological polar surface area (TPSA) is 69.9 Å². The molecule has 2 heterocycles. The molecule has 0 saturated heterocycles. The van der Waals surface area contributed by atoms with Gasteiger partial charge in [-0.2, -0.15) is 0 Å². The van der Waals surface area contributed by atoms with Gasteiger partial charge in [0.25, 0.3) is 5.56 Å². The van der Waals surface area contributed by atoms with Crippen molar-refractivity contribution in [3.05, 3.63) is 90.6 Å². The lowest BCUT2D eigenvalue weighted by Crippen LogP contribution is -2.39. The number of esters is 1. The predicted molar refractivity (Wildman–Crippen MR) is 136 cm³/mol. The van der Waals surface area contributed by atoms with Crippen molar-refractivity contribution in [2.45, 2.75) is 31.7 Å². The Morgan fingerprint density at radius 3 is 2.44 bits per heavy atom. The second-order valence-corrected chi connectivity index (χ2v) is 9.47. The Balaban J connectivity index is 1.87. The first-order valence-electron chi connectivity index (χ1n) is 11.0. The van der Waals surface area contributed by atoms with Gasteiger partial charge < -0.3 is 9.47 Å². The van der Waals surface area contributed by atoms with Gasteiger partial charge in [0.05, 0.1) is 35.1 Å². The quantitative estimate of drug-likeness (QED) is 0.368. The van der Waals surface area contributed by atoms with E-state index >= 15 is 0 Å². The molecule has 0 radical (unpaired) electrons. The van der Waals surface area contributed by atoms with Crippen LogP contribution in [0.15, 0.2) is 74.5 Å². The molecule has 0 aliphatic carbocycles. The third-order valence-electron chi connectivity index (χ3n) is 5.44. The maximum absolute atomic E-state index is 13.6. The smallest absolute Gasteiger partial charge is 0.338 e. The molecule has 1 aliphatic heterocycles. The number of carbonyl (C=O) groups is 1. The van der Waals surface area contributed by atoms with Crippen LogP contribution >= 0.6 is 23.1 Å². The van der Waals surface area contributed by atoms with Gasteiger partial charge in [-0.25, -0.2) is 9.79 Å². The Hall–Kier alpha value is -3.10. The van der Waals surface area contributed by atoms with Crippen molar-refractivity contribution in [1.82, 2.24) is 4.57 Å². The van der Waals surface area contributed by atoms with Crippen LogP contribution in [-0.4, -0.2) is 30.0 Å². The summed E-state index contributed by atoms with van der Waals surface area (Å²) in [5, 5.41) is 0. The normalized spacial score (nSPS) is 15.6. The van der Waals surface area contributed by atoms with E-state index in [4.69, 9.17) is 9.47 Å². The van der Waals surface area contributed by atoms with Gasteiger partial charge in [-0.15, -0.1) is 11.8 Å². The highest BCUT2D eigenvalue weighted by Gasteiger charge is 2.33. The van der Waals surface area contributed by atoms with Crippen LogP contribution in [0.2, 0.25) is 0 Å². The fraction of sp³-hybridized carbons (Fsp3) is 0.269. The highest BCUT2D eigenvalue weighted by molar-refractivity contribution is 7.98. The van der Waals surface area contributed by atoms with Crippen molar-refractivity contribution in [3.63, 3.8) is 0 Å². The van der Waals surface area contributed by atoms with Crippen LogP contribution < -0.4 is 19.6 Å². The zero-order chi connectivity index (χ0) is 24.2. The SMILES string of the molecule is CCOC(=O)C1=C(C)N=c2s/c(=C\c3ccc(OCC)cc3)c(=O)n2[C@H]1c1ccc(SC)cc1. The summed E-state index contributed by atoms with van der Waals surface area (Å²) in [5.41, 5.74) is 2.48. The fourth-order valence-corrected chi connectivity index (χ4v) is 5.33. The van der Waals surface area contributed by atoms with Crippen LogP contribution in [0.25, 0.3) is 6.08 Å². The lowest BCUT2D eigenvalue weighted by molar-refractivity contribution is -0.139. The number of nitrogens with zero attached hydrogens (tertiary/aromatic N) is 2. The standard InChI is InChI=1S/C26H26N2O4S2/c1-5-31-19-11-7-17(8-12-19)15-21-24(29)28-23(18-9-13-20(33-4)14-10-18)22(25(30)32-6-2)16(3)27-26(28)34-21/h7-15,23H,5-6H2,1-4H3/b21-15-/t23-/m0/s1. The number of thiazole rings is 1. The first-order valence-corrected chi connectivity index (χ1v) is 13.1. The molecule has 1 aliphatic rings. The van der Waals surface area contributed by atoms with Crippen LogP contribution in [0.5, 0.6) is 5.75 Å². The zero-order valence-corrected chi connectivity index (χ0v) is 21.2. The number of hydrogen-bond acceptors (Lipinski definition) is 7. The summed E-state index contributed by atoms with van der Waals surface area (Å²) < 4.78 is 13.0. The van der Waals surface area contributed by atoms with Crippen LogP contribution in [0.1, 0.15) is 37.9 Å². The van der Waals surface area contributed by atoms with Crippen molar-refractivity contribution in [1.29, 1.82) is 0 Å². The van der Waals surface area contributed by atoms with E-state index in [1.165, 1.54) is 11.3 Å². The summed E-state index contributed by atoms with van der Waals surface area (Å²) in [6.45, 7) is 6.33. The minimum Gasteiger partial charge on any atom is -0.494 e. The molecule has 4 rings (SSSR count). The van der Waals surface area contributed by atoms with E-state index in [9.17, 15) is 9.59 Å². The number of fused-ring (bicyclic) bond motifs is 1. The number of benzene rings is 2. The Morgan fingerprint density at radius 1 is 1.12 bits per heavy atom. The summed E-state index contributed by atoms with van der Waals surface area (Å²) in [6.07, 6.45) is 3.85. The molecule has 0 saturated carbocycles. The van der Waals surface area contributed by atoms with E-state index < -0.39 is 12.0 Å². The van der Waals surface area contributed by atoms with Gasteiger partial charge >= 0.3 is 5.97 Å². The number of carbonyl (C=O) groups excluding carboxylic acids is 1. The average Bonchev–Trinajstić information content (AvgIpc) is 3.14. The highest BCUT2D eigenvalue weighted by atomic mass is 32.2. The summed E-state index contributed by atoms with van der Waals surface area (Å²) in [7, 11) is 0. The van der Waals surface area contributed by atoms with Gasteiger partial charge in [0.1, 0.15) is 5.75 Å². The summed E-state index contributed by atoms with van der Waals surface area (Å²) >= 11 is 2.95. The minimum absolute atomic E-state index is 0.189. The molecule has 0 amide bonds. The molecule has 176 valence electrons. The Morgan fingerprint density at radius 2 is 1.82 bits per heavy atom. The van der Waals surface area contributed by atoms with Crippen molar-refractivity contribution in [3.8, 4) is 5.75 Å². The van der Waals surface area contributed by atoms with E-state index in [0.717, 1.165) is 21.8 Å². The first-order chi connectivity index (χ1) is 16.5. The number of thioether (sulfide) groups is 1. The van der Waals surface area contributed by atoms with Gasteiger partial charge in [-0.1, -0.05) is 35.6 Å². The third kappa shape index (κ3) is 4.74. The largest absolute Gasteiger partial charge is 0.494 e. The molecular formula is C26H26N2O4S2. The molecular weight excluding hydrogens is 468 g/mol. The number of hydrogen-bond donors (Lipinski definition) is 0. The molecule has 1 aromatic heterocycles. The average molecular weight is 495 g/mol. The summed E-state index contributed by atoms with van der Waals surface area (Å²) in [5.74, 6) is 0.327. The van der Waals surface area contributed by atoms with Crippen LogP contribution in [0.4, 0.5) is 0 Å². The van der Waals surface area contributed by atoms with E-state index in [0.29, 0.717) is 27.2 Å². The van der Waals surface area contributed by atoms with Crippen LogP contribution in [0.3, 0.4) is 0 Å². The lowest BCUT2D eigenvalue weighted by Gasteiger charge is -2.24. The Bertz CT molecular complexity index is 1400. The van der Waals surface area contributed by atoms with Gasteiger partial charge in [0.2, 0.25) is 0 Å². The molecule has 8 heteroatoms. The number of rotatable bonds is 7. The number of ether oxygens (including phenoxy) is 2. The van der Waals surface area contributed by atoms with Gasteiger partial charge in [0.15, 0.2) is 4.80 Å². The number of aromatic nitrogens is 1. The third-order valence-corrected chi connectivity index (χ3v) is 7.16. The minimum atomic E-state index is -0.603.